The monoisotopic (exact) mass is 404 g/mol. The van der Waals surface area contributed by atoms with E-state index in [1.807, 2.05) is 35.9 Å². The van der Waals surface area contributed by atoms with Crippen LogP contribution in [0.1, 0.15) is 39.8 Å². The largest absolute Gasteiger partial charge is 0.336 e. The molecule has 2 aromatic carbocycles. The van der Waals surface area contributed by atoms with Gasteiger partial charge in [-0.15, -0.1) is 0 Å². The Morgan fingerprint density at radius 2 is 2.07 bits per heavy atom. The summed E-state index contributed by atoms with van der Waals surface area (Å²) in [7, 11) is 1.84. The minimum atomic E-state index is -0.966. The maximum atomic E-state index is 14.6. The SMILES string of the molecule is Cc1ccc(C(=O)N2CC[C@]3(C(=O)Nc4ccccc43)[C@@H]2c2nccn2C)c(F)c1. The number of hydrogen-bond acceptors (Lipinski definition) is 3. The third-order valence-electron chi connectivity index (χ3n) is 6.31. The van der Waals surface area contributed by atoms with Gasteiger partial charge in [0, 0.05) is 31.7 Å². The van der Waals surface area contributed by atoms with Crippen molar-refractivity contribution >= 4 is 17.5 Å². The van der Waals surface area contributed by atoms with Crippen LogP contribution in [0.25, 0.3) is 0 Å². The van der Waals surface area contributed by atoms with Gasteiger partial charge in [-0.05, 0) is 42.7 Å². The van der Waals surface area contributed by atoms with Crippen LogP contribution in [0.15, 0.2) is 54.9 Å². The molecular weight excluding hydrogens is 383 g/mol. The number of halogens is 1. The van der Waals surface area contributed by atoms with E-state index in [-0.39, 0.29) is 11.5 Å². The number of anilines is 1. The summed E-state index contributed by atoms with van der Waals surface area (Å²) >= 11 is 0. The first-order chi connectivity index (χ1) is 14.4. The molecule has 0 saturated carbocycles. The van der Waals surface area contributed by atoms with E-state index in [1.165, 1.54) is 12.1 Å². The summed E-state index contributed by atoms with van der Waals surface area (Å²) in [6, 6.07) is 11.5. The number of hydrogen-bond donors (Lipinski definition) is 1. The van der Waals surface area contributed by atoms with Crippen molar-refractivity contribution in [3.63, 3.8) is 0 Å². The van der Waals surface area contributed by atoms with Gasteiger partial charge in [0.2, 0.25) is 5.91 Å². The molecule has 1 saturated heterocycles. The second-order valence-electron chi connectivity index (χ2n) is 8.00. The number of nitrogens with one attached hydrogen (secondary N) is 1. The Morgan fingerprint density at radius 1 is 1.27 bits per heavy atom. The topological polar surface area (TPSA) is 67.2 Å². The van der Waals surface area contributed by atoms with Crippen LogP contribution in [0.5, 0.6) is 0 Å². The van der Waals surface area contributed by atoms with E-state index in [1.54, 1.807) is 30.3 Å². The Hall–Kier alpha value is -3.48. The number of nitrogens with zero attached hydrogens (tertiary/aromatic N) is 3. The predicted octanol–water partition coefficient (Wildman–Crippen LogP) is 3.34. The van der Waals surface area contributed by atoms with Gasteiger partial charge in [0.25, 0.3) is 5.91 Å². The molecule has 1 spiro atoms. The number of likely N-dealkylation sites (tertiary alicyclic amines) is 1. The number of benzene rings is 2. The smallest absolute Gasteiger partial charge is 0.257 e. The molecule has 2 aliphatic rings. The number of amides is 2. The first-order valence-electron chi connectivity index (χ1n) is 9.89. The third-order valence-corrected chi connectivity index (χ3v) is 6.31. The van der Waals surface area contributed by atoms with E-state index in [0.717, 1.165) is 16.8 Å². The molecule has 2 atom stereocenters. The fraction of sp³-hybridized carbons (Fsp3) is 0.261. The number of aromatic nitrogens is 2. The van der Waals surface area contributed by atoms with Gasteiger partial charge in [-0.25, -0.2) is 9.37 Å². The van der Waals surface area contributed by atoms with Crippen molar-refractivity contribution in [3.05, 3.63) is 83.2 Å². The summed E-state index contributed by atoms with van der Waals surface area (Å²) in [5, 5.41) is 2.97. The molecule has 1 fully saturated rings. The molecule has 0 aliphatic carbocycles. The molecule has 152 valence electrons. The maximum absolute atomic E-state index is 14.6. The van der Waals surface area contributed by atoms with Crippen molar-refractivity contribution in [2.24, 2.45) is 7.05 Å². The molecule has 0 bridgehead atoms. The normalized spacial score (nSPS) is 22.4. The molecule has 30 heavy (non-hydrogen) atoms. The Bertz CT molecular complexity index is 1190. The summed E-state index contributed by atoms with van der Waals surface area (Å²) in [5.74, 6) is -0.554. The maximum Gasteiger partial charge on any atom is 0.257 e. The Balaban J connectivity index is 1.68. The molecule has 7 heteroatoms. The minimum absolute atomic E-state index is 0.00329. The van der Waals surface area contributed by atoms with Crippen molar-refractivity contribution in [2.45, 2.75) is 24.8 Å². The van der Waals surface area contributed by atoms with Gasteiger partial charge in [-0.2, -0.15) is 0 Å². The van der Waals surface area contributed by atoms with Gasteiger partial charge in [0.15, 0.2) is 0 Å². The molecular formula is C23H21FN4O2. The predicted molar refractivity (Wildman–Crippen MR) is 109 cm³/mol. The van der Waals surface area contributed by atoms with Crippen LogP contribution >= 0.6 is 0 Å². The first kappa shape index (κ1) is 18.5. The fourth-order valence-corrected chi connectivity index (χ4v) is 4.85. The zero-order valence-electron chi connectivity index (χ0n) is 16.7. The van der Waals surface area contributed by atoms with Gasteiger partial charge in [-0.3, -0.25) is 9.59 Å². The van der Waals surface area contributed by atoms with Crippen molar-refractivity contribution in [3.8, 4) is 0 Å². The number of carbonyl (C=O) groups is 2. The van der Waals surface area contributed by atoms with Gasteiger partial charge in [0.1, 0.15) is 23.1 Å². The van der Waals surface area contributed by atoms with E-state index in [2.05, 4.69) is 10.3 Å². The van der Waals surface area contributed by atoms with Crippen LogP contribution in [0, 0.1) is 12.7 Å². The van der Waals surface area contributed by atoms with E-state index in [9.17, 15) is 14.0 Å². The van der Waals surface area contributed by atoms with Gasteiger partial charge in [-0.1, -0.05) is 24.3 Å². The average Bonchev–Trinajstić information content (AvgIpc) is 3.39. The number of fused-ring (bicyclic) bond motifs is 2. The summed E-state index contributed by atoms with van der Waals surface area (Å²) in [6.07, 6.45) is 3.87. The second-order valence-corrected chi connectivity index (χ2v) is 8.00. The lowest BCUT2D eigenvalue weighted by atomic mass is 9.74. The van der Waals surface area contributed by atoms with Crippen molar-refractivity contribution < 1.29 is 14.0 Å². The number of rotatable bonds is 2. The quantitative estimate of drug-likeness (QED) is 0.712. The molecule has 3 aromatic rings. The van der Waals surface area contributed by atoms with Crippen LogP contribution in [0.2, 0.25) is 0 Å². The highest BCUT2D eigenvalue weighted by molar-refractivity contribution is 6.08. The third kappa shape index (κ3) is 2.44. The zero-order chi connectivity index (χ0) is 21.0. The fourth-order valence-electron chi connectivity index (χ4n) is 4.85. The van der Waals surface area contributed by atoms with Crippen molar-refractivity contribution in [1.82, 2.24) is 14.5 Å². The van der Waals surface area contributed by atoms with Gasteiger partial charge < -0.3 is 14.8 Å². The molecule has 1 aromatic heterocycles. The highest BCUT2D eigenvalue weighted by Gasteiger charge is 2.60. The molecule has 0 radical (unpaired) electrons. The number of carbonyl (C=O) groups excluding carboxylic acids is 2. The number of aryl methyl sites for hydroxylation is 2. The summed E-state index contributed by atoms with van der Waals surface area (Å²) < 4.78 is 16.5. The lowest BCUT2D eigenvalue weighted by Crippen LogP contribution is -2.44. The molecule has 1 N–H and O–H groups in total. The number of imidazole rings is 1. The van der Waals surface area contributed by atoms with E-state index in [4.69, 9.17) is 0 Å². The van der Waals surface area contributed by atoms with Gasteiger partial charge in [0.05, 0.1) is 5.56 Å². The number of para-hydroxylation sites is 1. The summed E-state index contributed by atoms with van der Waals surface area (Å²) in [6.45, 7) is 2.10. The molecule has 2 amide bonds. The van der Waals surface area contributed by atoms with Crippen LogP contribution in [0.3, 0.4) is 0 Å². The first-order valence-corrected chi connectivity index (χ1v) is 9.89. The van der Waals surface area contributed by atoms with Crippen LogP contribution < -0.4 is 5.32 Å². The Labute approximate surface area is 173 Å². The highest BCUT2D eigenvalue weighted by Crippen LogP contribution is 2.54. The molecule has 5 rings (SSSR count). The lowest BCUT2D eigenvalue weighted by Gasteiger charge is -2.33. The average molecular weight is 404 g/mol. The van der Waals surface area contributed by atoms with Gasteiger partial charge >= 0.3 is 0 Å². The standard InChI is InChI=1S/C23H21FN4O2/c1-14-7-8-15(17(24)13-14)21(29)28-11-9-23(19(28)20-25-10-12-27(20)2)16-5-3-4-6-18(16)26-22(23)30/h3-8,10,12-13,19H,9,11H2,1-2H3,(H,26,30)/t19-,23+/m0/s1. The zero-order valence-corrected chi connectivity index (χ0v) is 16.7. The summed E-state index contributed by atoms with van der Waals surface area (Å²) in [5.41, 5.74) is 1.38. The van der Waals surface area contributed by atoms with Crippen molar-refractivity contribution in [2.75, 3.05) is 11.9 Å². The van der Waals surface area contributed by atoms with E-state index >= 15 is 0 Å². The lowest BCUT2D eigenvalue weighted by molar-refractivity contribution is -0.121. The second kappa shape index (κ2) is 6.52. The molecule has 3 heterocycles. The van der Waals surface area contributed by atoms with Crippen molar-refractivity contribution in [1.29, 1.82) is 0 Å². The Kier molecular flexibility index (Phi) is 4.03. The minimum Gasteiger partial charge on any atom is -0.336 e. The highest BCUT2D eigenvalue weighted by atomic mass is 19.1. The van der Waals surface area contributed by atoms with E-state index in [0.29, 0.717) is 18.8 Å². The summed E-state index contributed by atoms with van der Waals surface area (Å²) in [4.78, 5) is 32.9. The van der Waals surface area contributed by atoms with Crippen LogP contribution in [-0.4, -0.2) is 32.8 Å². The Morgan fingerprint density at radius 3 is 2.80 bits per heavy atom. The molecule has 0 unspecified atom stereocenters. The van der Waals surface area contributed by atoms with E-state index < -0.39 is 23.2 Å². The molecule has 2 aliphatic heterocycles. The van der Waals surface area contributed by atoms with Crippen LogP contribution in [-0.2, 0) is 17.3 Å². The van der Waals surface area contributed by atoms with Crippen LogP contribution in [0.4, 0.5) is 10.1 Å². The molecule has 6 nitrogen and oxygen atoms in total.